The normalized spacial score (nSPS) is 24.2. The minimum atomic E-state index is 0.214. The molecular weight excluding hydrogens is 228 g/mol. The van der Waals surface area contributed by atoms with E-state index in [9.17, 15) is 4.79 Å². The number of carbonyl (C=O) groups is 1. The molecule has 2 rings (SSSR count). The minimum absolute atomic E-state index is 0.214. The zero-order chi connectivity index (χ0) is 13.0. The smallest absolute Gasteiger partial charge is 0.224 e. The maximum atomic E-state index is 12.3. The Labute approximate surface area is 108 Å². The molecule has 5 heteroatoms. The molecule has 1 aromatic heterocycles. The lowest BCUT2D eigenvalue weighted by Gasteiger charge is -2.40. The number of aryl methyl sites for hydroxylation is 1. The monoisotopic (exact) mass is 250 g/mol. The molecule has 100 valence electrons. The molecule has 1 aromatic rings. The molecule has 0 radical (unpaired) electrons. The Morgan fingerprint density at radius 2 is 2.33 bits per heavy atom. The molecule has 5 nitrogen and oxygen atoms in total. The molecule has 1 aliphatic heterocycles. The Bertz CT molecular complexity index is 376. The van der Waals surface area contributed by atoms with Crippen molar-refractivity contribution < 1.29 is 4.79 Å². The Morgan fingerprint density at radius 3 is 3.00 bits per heavy atom. The zero-order valence-corrected chi connectivity index (χ0v) is 11.0. The van der Waals surface area contributed by atoms with Gasteiger partial charge in [0.2, 0.25) is 5.91 Å². The van der Waals surface area contributed by atoms with Gasteiger partial charge in [-0.2, -0.15) is 0 Å². The summed E-state index contributed by atoms with van der Waals surface area (Å²) in [4.78, 5) is 18.3. The first-order valence-corrected chi connectivity index (χ1v) is 6.69. The van der Waals surface area contributed by atoms with E-state index in [1.807, 2.05) is 15.7 Å². The molecule has 2 N–H and O–H groups in total. The third-order valence-corrected chi connectivity index (χ3v) is 3.73. The quantitative estimate of drug-likeness (QED) is 0.867. The number of amides is 1. The lowest BCUT2D eigenvalue weighted by molar-refractivity contribution is -0.137. The highest BCUT2D eigenvalue weighted by atomic mass is 16.2. The fourth-order valence-corrected chi connectivity index (χ4v) is 2.74. The second-order valence-corrected chi connectivity index (χ2v) is 5.02. The van der Waals surface area contributed by atoms with Gasteiger partial charge in [-0.05, 0) is 26.2 Å². The first kappa shape index (κ1) is 13.1. The third kappa shape index (κ3) is 2.90. The number of hydrogen-bond acceptors (Lipinski definition) is 3. The van der Waals surface area contributed by atoms with E-state index in [1.54, 1.807) is 12.5 Å². The van der Waals surface area contributed by atoms with Gasteiger partial charge in [-0.3, -0.25) is 4.79 Å². The van der Waals surface area contributed by atoms with Gasteiger partial charge in [-0.15, -0.1) is 0 Å². The number of imidazole rings is 1. The summed E-state index contributed by atoms with van der Waals surface area (Å²) >= 11 is 0. The van der Waals surface area contributed by atoms with Crippen LogP contribution < -0.4 is 5.73 Å². The summed E-state index contributed by atoms with van der Waals surface area (Å²) in [6, 6.07) is 0.548. The van der Waals surface area contributed by atoms with Crippen molar-refractivity contribution in [3.63, 3.8) is 0 Å². The second-order valence-electron chi connectivity index (χ2n) is 5.02. The Kier molecular flexibility index (Phi) is 4.36. The van der Waals surface area contributed by atoms with E-state index in [0.29, 0.717) is 25.6 Å². The highest BCUT2D eigenvalue weighted by Gasteiger charge is 2.30. The predicted octanol–water partition coefficient (Wildman–Crippen LogP) is 1.00. The molecule has 2 unspecified atom stereocenters. The molecule has 0 aliphatic carbocycles. The maximum Gasteiger partial charge on any atom is 0.224 e. The topological polar surface area (TPSA) is 64.2 Å². The number of hydrogen-bond donors (Lipinski definition) is 1. The number of aromatic nitrogens is 2. The van der Waals surface area contributed by atoms with Crippen LogP contribution in [0.4, 0.5) is 0 Å². The van der Waals surface area contributed by atoms with Crippen LogP contribution in [0.25, 0.3) is 0 Å². The fraction of sp³-hybridized carbons (Fsp3) is 0.692. The summed E-state index contributed by atoms with van der Waals surface area (Å²) in [5.74, 6) is 0.214. The third-order valence-electron chi connectivity index (χ3n) is 3.73. The van der Waals surface area contributed by atoms with Crippen molar-refractivity contribution in [2.24, 2.45) is 5.73 Å². The Morgan fingerprint density at radius 1 is 1.50 bits per heavy atom. The lowest BCUT2D eigenvalue weighted by atomic mass is 9.96. The molecule has 2 atom stereocenters. The van der Waals surface area contributed by atoms with E-state index < -0.39 is 0 Å². The van der Waals surface area contributed by atoms with Gasteiger partial charge in [0.15, 0.2) is 0 Å². The summed E-state index contributed by atoms with van der Waals surface area (Å²) in [5.41, 5.74) is 5.78. The average Bonchev–Trinajstić information content (AvgIpc) is 2.88. The summed E-state index contributed by atoms with van der Waals surface area (Å²) in [7, 11) is 0. The van der Waals surface area contributed by atoms with Crippen LogP contribution in [0.5, 0.6) is 0 Å². The van der Waals surface area contributed by atoms with Crippen molar-refractivity contribution in [2.75, 3.05) is 6.54 Å². The van der Waals surface area contributed by atoms with E-state index in [2.05, 4.69) is 11.9 Å². The summed E-state index contributed by atoms with van der Waals surface area (Å²) in [6.07, 6.45) is 9.19. The van der Waals surface area contributed by atoms with Crippen molar-refractivity contribution in [2.45, 2.75) is 51.2 Å². The largest absolute Gasteiger partial charge is 0.337 e. The molecule has 0 saturated carbocycles. The summed E-state index contributed by atoms with van der Waals surface area (Å²) in [5, 5.41) is 0. The van der Waals surface area contributed by atoms with Gasteiger partial charge in [0.1, 0.15) is 0 Å². The Balaban J connectivity index is 1.93. The molecule has 0 bridgehead atoms. The van der Waals surface area contributed by atoms with Crippen LogP contribution in [0.3, 0.4) is 0 Å². The first-order valence-electron chi connectivity index (χ1n) is 6.69. The minimum Gasteiger partial charge on any atom is -0.337 e. The number of piperidine rings is 1. The van der Waals surface area contributed by atoms with Gasteiger partial charge in [0, 0.05) is 44.0 Å². The van der Waals surface area contributed by atoms with Gasteiger partial charge >= 0.3 is 0 Å². The maximum absolute atomic E-state index is 12.3. The predicted molar refractivity (Wildman–Crippen MR) is 69.8 cm³/mol. The van der Waals surface area contributed by atoms with Crippen molar-refractivity contribution in [1.82, 2.24) is 14.5 Å². The van der Waals surface area contributed by atoms with Crippen molar-refractivity contribution in [3.8, 4) is 0 Å². The van der Waals surface area contributed by atoms with E-state index in [4.69, 9.17) is 5.73 Å². The number of carbonyl (C=O) groups excluding carboxylic acids is 1. The number of likely N-dealkylation sites (tertiary alicyclic amines) is 1. The molecular formula is C13H22N4O. The second kappa shape index (κ2) is 6.00. The van der Waals surface area contributed by atoms with Crippen LogP contribution in [0.2, 0.25) is 0 Å². The van der Waals surface area contributed by atoms with Crippen LogP contribution in [-0.4, -0.2) is 39.0 Å². The number of nitrogens with zero attached hydrogens (tertiary/aromatic N) is 3. The molecule has 18 heavy (non-hydrogen) atoms. The van der Waals surface area contributed by atoms with E-state index in [1.165, 1.54) is 6.42 Å². The van der Waals surface area contributed by atoms with Crippen LogP contribution in [0.15, 0.2) is 18.7 Å². The Hall–Kier alpha value is -1.36. The van der Waals surface area contributed by atoms with Gasteiger partial charge < -0.3 is 15.2 Å². The molecule has 0 spiro atoms. The van der Waals surface area contributed by atoms with E-state index >= 15 is 0 Å². The molecule has 2 heterocycles. The highest BCUT2D eigenvalue weighted by molar-refractivity contribution is 5.77. The first-order chi connectivity index (χ1) is 8.72. The lowest BCUT2D eigenvalue weighted by Crippen LogP contribution is -2.52. The molecule has 1 aliphatic rings. The van der Waals surface area contributed by atoms with Crippen LogP contribution in [0.1, 0.15) is 32.6 Å². The van der Waals surface area contributed by atoms with Gasteiger partial charge in [-0.25, -0.2) is 4.98 Å². The van der Waals surface area contributed by atoms with Crippen molar-refractivity contribution >= 4 is 5.91 Å². The van der Waals surface area contributed by atoms with Gasteiger partial charge in [0.25, 0.3) is 0 Å². The zero-order valence-electron chi connectivity index (χ0n) is 11.0. The van der Waals surface area contributed by atoms with Crippen LogP contribution in [0, 0.1) is 0 Å². The van der Waals surface area contributed by atoms with Crippen LogP contribution in [-0.2, 0) is 11.3 Å². The van der Waals surface area contributed by atoms with E-state index in [0.717, 1.165) is 12.8 Å². The number of nitrogens with two attached hydrogens (primary N) is 1. The summed E-state index contributed by atoms with van der Waals surface area (Å²) < 4.78 is 1.93. The molecule has 1 saturated heterocycles. The highest BCUT2D eigenvalue weighted by Crippen LogP contribution is 2.23. The van der Waals surface area contributed by atoms with Crippen molar-refractivity contribution in [1.29, 1.82) is 0 Å². The fourth-order valence-electron chi connectivity index (χ4n) is 2.74. The van der Waals surface area contributed by atoms with E-state index in [-0.39, 0.29) is 11.9 Å². The molecule has 1 amide bonds. The van der Waals surface area contributed by atoms with Crippen LogP contribution >= 0.6 is 0 Å². The average molecular weight is 250 g/mol. The molecule has 1 fully saturated rings. The SMILES string of the molecule is CC1CCCC(CN)N1C(=O)CCn1ccnc1. The molecule has 0 aromatic carbocycles. The number of rotatable bonds is 4. The van der Waals surface area contributed by atoms with Gasteiger partial charge in [-0.1, -0.05) is 0 Å². The van der Waals surface area contributed by atoms with Crippen molar-refractivity contribution in [3.05, 3.63) is 18.7 Å². The summed E-state index contributed by atoms with van der Waals surface area (Å²) in [6.45, 7) is 3.39. The van der Waals surface area contributed by atoms with Gasteiger partial charge in [0.05, 0.1) is 6.33 Å². The standard InChI is InChI=1S/C13H22N4O/c1-11-3-2-4-12(9-14)17(11)13(18)5-7-16-8-6-15-10-16/h6,8,10-12H,2-5,7,9,14H2,1H3.